The normalized spacial score (nSPS) is 19.8. The van der Waals surface area contributed by atoms with Gasteiger partial charge in [-0.2, -0.15) is 0 Å². The molecule has 188 valence electrons. The third-order valence-corrected chi connectivity index (χ3v) is 7.67. The van der Waals surface area contributed by atoms with E-state index in [1.54, 1.807) is 6.92 Å². The van der Waals surface area contributed by atoms with Gasteiger partial charge in [0.15, 0.2) is 0 Å². The van der Waals surface area contributed by atoms with Gasteiger partial charge in [-0.05, 0) is 53.2 Å². The molecule has 0 aliphatic heterocycles. The molecule has 3 atom stereocenters. The van der Waals surface area contributed by atoms with Gasteiger partial charge in [0.25, 0.3) is 0 Å². The highest BCUT2D eigenvalue weighted by molar-refractivity contribution is 5.89. The summed E-state index contributed by atoms with van der Waals surface area (Å²) >= 11 is 0. The van der Waals surface area contributed by atoms with E-state index in [4.69, 9.17) is 4.74 Å². The lowest BCUT2D eigenvalue weighted by molar-refractivity contribution is -0.159. The SMILES string of the molecule is COC(=O)[C@H](C)[C@@H](C(=O)O)N(Cc1ccccc1)C1(c2ccccc2)C2=C(C=CCC2)c2ccccc21. The van der Waals surface area contributed by atoms with Crippen molar-refractivity contribution in [3.05, 3.63) is 125 Å². The average Bonchev–Trinajstić information content (AvgIpc) is 3.24. The van der Waals surface area contributed by atoms with Gasteiger partial charge in [0.1, 0.15) is 6.04 Å². The van der Waals surface area contributed by atoms with E-state index < -0.39 is 29.4 Å². The first-order valence-corrected chi connectivity index (χ1v) is 12.7. The van der Waals surface area contributed by atoms with Gasteiger partial charge < -0.3 is 9.84 Å². The lowest BCUT2D eigenvalue weighted by atomic mass is 9.74. The number of hydrogen-bond donors (Lipinski definition) is 1. The molecule has 37 heavy (non-hydrogen) atoms. The fourth-order valence-corrected chi connectivity index (χ4v) is 6.13. The Labute approximate surface area is 217 Å². The monoisotopic (exact) mass is 493 g/mol. The highest BCUT2D eigenvalue weighted by Gasteiger charge is 2.54. The third kappa shape index (κ3) is 4.09. The number of hydrogen-bond acceptors (Lipinski definition) is 4. The van der Waals surface area contributed by atoms with Crippen molar-refractivity contribution in [1.29, 1.82) is 0 Å². The van der Waals surface area contributed by atoms with Crippen LogP contribution in [-0.4, -0.2) is 35.1 Å². The summed E-state index contributed by atoms with van der Waals surface area (Å²) in [5, 5.41) is 10.7. The van der Waals surface area contributed by atoms with Crippen molar-refractivity contribution < 1.29 is 19.4 Å². The molecule has 3 aromatic carbocycles. The zero-order valence-electron chi connectivity index (χ0n) is 21.1. The van der Waals surface area contributed by atoms with Crippen LogP contribution in [0.25, 0.3) is 5.57 Å². The van der Waals surface area contributed by atoms with Crippen LogP contribution >= 0.6 is 0 Å². The number of allylic oxidation sites excluding steroid dienone is 3. The molecule has 0 saturated carbocycles. The van der Waals surface area contributed by atoms with E-state index >= 15 is 0 Å². The van der Waals surface area contributed by atoms with E-state index in [9.17, 15) is 14.7 Å². The van der Waals surface area contributed by atoms with E-state index in [-0.39, 0.29) is 0 Å². The second-order valence-electron chi connectivity index (χ2n) is 9.66. The van der Waals surface area contributed by atoms with Crippen molar-refractivity contribution in [2.24, 2.45) is 5.92 Å². The van der Waals surface area contributed by atoms with E-state index in [2.05, 4.69) is 36.4 Å². The van der Waals surface area contributed by atoms with Gasteiger partial charge in [0, 0.05) is 6.54 Å². The first kappa shape index (κ1) is 24.7. The Bertz CT molecular complexity index is 1360. The zero-order chi connectivity index (χ0) is 26.0. The molecule has 0 bridgehead atoms. The molecule has 0 saturated heterocycles. The molecule has 0 radical (unpaired) electrons. The number of benzene rings is 3. The van der Waals surface area contributed by atoms with Crippen LogP contribution < -0.4 is 0 Å². The van der Waals surface area contributed by atoms with Crippen LogP contribution in [-0.2, 0) is 26.4 Å². The first-order valence-electron chi connectivity index (χ1n) is 12.7. The van der Waals surface area contributed by atoms with E-state index in [0.717, 1.165) is 40.7 Å². The average molecular weight is 494 g/mol. The molecule has 0 fully saturated rings. The number of esters is 1. The maximum atomic E-state index is 13.1. The molecule has 1 unspecified atom stereocenters. The molecular formula is C32H31NO4. The number of aliphatic carboxylic acids is 1. The summed E-state index contributed by atoms with van der Waals surface area (Å²) in [6.07, 6.45) is 6.01. The number of fused-ring (bicyclic) bond motifs is 2. The molecule has 3 aromatic rings. The lowest BCUT2D eigenvalue weighted by Gasteiger charge is -2.48. The Hall–Kier alpha value is -3.96. The Morgan fingerprint density at radius 1 is 0.973 bits per heavy atom. The Morgan fingerprint density at radius 3 is 2.30 bits per heavy atom. The minimum Gasteiger partial charge on any atom is -0.480 e. The van der Waals surface area contributed by atoms with Crippen LogP contribution in [0.3, 0.4) is 0 Å². The third-order valence-electron chi connectivity index (χ3n) is 7.67. The second-order valence-corrected chi connectivity index (χ2v) is 9.66. The molecule has 0 amide bonds. The summed E-state index contributed by atoms with van der Waals surface area (Å²) < 4.78 is 5.07. The highest BCUT2D eigenvalue weighted by atomic mass is 16.5. The van der Waals surface area contributed by atoms with Crippen LogP contribution in [0.1, 0.15) is 42.0 Å². The van der Waals surface area contributed by atoms with Crippen molar-refractivity contribution in [2.45, 2.75) is 37.9 Å². The fraction of sp³-hybridized carbons (Fsp3) is 0.250. The first-order chi connectivity index (χ1) is 18.0. The predicted molar refractivity (Wildman–Crippen MR) is 144 cm³/mol. The smallest absolute Gasteiger partial charge is 0.321 e. The van der Waals surface area contributed by atoms with E-state index in [0.29, 0.717) is 6.54 Å². The number of nitrogens with zero attached hydrogens (tertiary/aromatic N) is 1. The van der Waals surface area contributed by atoms with E-state index in [1.165, 1.54) is 12.7 Å². The van der Waals surface area contributed by atoms with Gasteiger partial charge >= 0.3 is 11.9 Å². The summed E-state index contributed by atoms with van der Waals surface area (Å²) in [5.41, 5.74) is 5.53. The molecule has 5 heteroatoms. The Kier molecular flexibility index (Phi) is 6.81. The number of rotatable bonds is 8. The van der Waals surface area contributed by atoms with Crippen molar-refractivity contribution in [3.8, 4) is 0 Å². The van der Waals surface area contributed by atoms with Gasteiger partial charge in [-0.25, -0.2) is 0 Å². The summed E-state index contributed by atoms with van der Waals surface area (Å²) in [7, 11) is 1.31. The minimum atomic E-state index is -1.14. The number of carboxylic acid groups (broad SMARTS) is 1. The van der Waals surface area contributed by atoms with Crippen LogP contribution in [0.15, 0.2) is 103 Å². The summed E-state index contributed by atoms with van der Waals surface area (Å²) in [6.45, 7) is 1.99. The largest absolute Gasteiger partial charge is 0.480 e. The second kappa shape index (κ2) is 10.2. The Balaban J connectivity index is 1.86. The van der Waals surface area contributed by atoms with Gasteiger partial charge in [-0.1, -0.05) is 97.1 Å². The zero-order valence-corrected chi connectivity index (χ0v) is 21.1. The van der Waals surface area contributed by atoms with Crippen LogP contribution in [0, 0.1) is 5.92 Å². The number of ether oxygens (including phenoxy) is 1. The molecule has 1 N–H and O–H groups in total. The Morgan fingerprint density at radius 2 is 1.62 bits per heavy atom. The molecule has 5 rings (SSSR count). The summed E-state index contributed by atoms with van der Waals surface area (Å²) in [5.74, 6) is -2.50. The van der Waals surface area contributed by atoms with Crippen LogP contribution in [0.5, 0.6) is 0 Å². The van der Waals surface area contributed by atoms with Gasteiger partial charge in [0.2, 0.25) is 0 Å². The van der Waals surface area contributed by atoms with Gasteiger partial charge in [-0.15, -0.1) is 0 Å². The number of carbonyl (C=O) groups excluding carboxylic acids is 1. The molecule has 2 aliphatic carbocycles. The maximum Gasteiger partial charge on any atom is 0.321 e. The van der Waals surface area contributed by atoms with Gasteiger partial charge in [-0.3, -0.25) is 14.5 Å². The standard InChI is InChI=1S/C32H31NO4/c1-22(31(36)37-2)29(30(34)35)33(21-23-13-5-3-6-14-23)32(24-15-7-4-8-16-24)27-19-11-9-17-25(27)26-18-10-12-20-28(26)32/h3-11,13-19,22,29H,12,20-21H2,1-2H3,(H,34,35)/t22-,29+,32?/m1/s1. The van der Waals surface area contributed by atoms with Crippen molar-refractivity contribution in [1.82, 2.24) is 4.90 Å². The molecule has 0 aromatic heterocycles. The quantitative estimate of drug-likeness (QED) is 0.401. The highest BCUT2D eigenvalue weighted by Crippen LogP contribution is 2.56. The molecule has 5 nitrogen and oxygen atoms in total. The van der Waals surface area contributed by atoms with Crippen molar-refractivity contribution in [2.75, 3.05) is 7.11 Å². The topological polar surface area (TPSA) is 66.8 Å². The minimum absolute atomic E-state index is 0.336. The van der Waals surface area contributed by atoms with Crippen molar-refractivity contribution >= 4 is 17.5 Å². The molecular weight excluding hydrogens is 462 g/mol. The van der Waals surface area contributed by atoms with Gasteiger partial charge in [0.05, 0.1) is 18.6 Å². The summed E-state index contributed by atoms with van der Waals surface area (Å²) in [6, 6.07) is 27.1. The number of carboxylic acids is 1. The maximum absolute atomic E-state index is 13.1. The van der Waals surface area contributed by atoms with Crippen LogP contribution in [0.4, 0.5) is 0 Å². The lowest BCUT2D eigenvalue weighted by Crippen LogP contribution is -2.58. The van der Waals surface area contributed by atoms with Crippen LogP contribution in [0.2, 0.25) is 0 Å². The summed E-state index contributed by atoms with van der Waals surface area (Å²) in [4.78, 5) is 28.0. The predicted octanol–water partition coefficient (Wildman–Crippen LogP) is 5.81. The fourth-order valence-electron chi connectivity index (χ4n) is 6.13. The number of carbonyl (C=O) groups is 2. The molecule has 2 aliphatic rings. The molecule has 0 heterocycles. The number of methoxy groups -OCH3 is 1. The molecule has 0 spiro atoms. The van der Waals surface area contributed by atoms with E-state index in [1.807, 2.05) is 65.6 Å². The van der Waals surface area contributed by atoms with Crippen molar-refractivity contribution in [3.63, 3.8) is 0 Å².